The average Bonchev–Trinajstić information content (AvgIpc) is 3.20. The number of nitrogens with one attached hydrogen (secondary N) is 1. The highest BCUT2D eigenvalue weighted by Gasteiger charge is 2.13. The summed E-state index contributed by atoms with van der Waals surface area (Å²) in [5, 5.41) is 13.8. The average molecular weight is 312 g/mol. The van der Waals surface area contributed by atoms with E-state index in [9.17, 15) is 9.90 Å². The molecule has 0 saturated heterocycles. The summed E-state index contributed by atoms with van der Waals surface area (Å²) in [6.45, 7) is 0.155. The molecule has 1 amide bonds. The SMILES string of the molecule is Cn1cc(CCC(=O)NCC(O)c2ccco2)c2ccccc21. The lowest BCUT2D eigenvalue weighted by atomic mass is 10.1. The van der Waals surface area contributed by atoms with Crippen LogP contribution in [0.25, 0.3) is 10.9 Å². The molecule has 0 radical (unpaired) electrons. The molecule has 1 aromatic carbocycles. The fraction of sp³-hybridized carbons (Fsp3) is 0.278. The monoisotopic (exact) mass is 312 g/mol. The van der Waals surface area contributed by atoms with Gasteiger partial charge in [-0.2, -0.15) is 0 Å². The molecule has 120 valence electrons. The van der Waals surface area contributed by atoms with Gasteiger partial charge < -0.3 is 19.4 Å². The predicted molar refractivity (Wildman–Crippen MR) is 87.9 cm³/mol. The Morgan fingerprint density at radius 1 is 1.30 bits per heavy atom. The van der Waals surface area contributed by atoms with Crippen LogP contribution < -0.4 is 5.32 Å². The smallest absolute Gasteiger partial charge is 0.220 e. The Balaban J connectivity index is 1.54. The minimum atomic E-state index is -0.813. The highest BCUT2D eigenvalue weighted by atomic mass is 16.4. The van der Waals surface area contributed by atoms with Gasteiger partial charge in [-0.3, -0.25) is 4.79 Å². The van der Waals surface area contributed by atoms with E-state index in [0.717, 1.165) is 11.1 Å². The maximum Gasteiger partial charge on any atom is 0.220 e. The van der Waals surface area contributed by atoms with Gasteiger partial charge in [-0.15, -0.1) is 0 Å². The molecule has 2 heterocycles. The van der Waals surface area contributed by atoms with Crippen molar-refractivity contribution in [1.82, 2.24) is 9.88 Å². The third kappa shape index (κ3) is 3.46. The van der Waals surface area contributed by atoms with Gasteiger partial charge in [-0.1, -0.05) is 18.2 Å². The maximum atomic E-state index is 12.0. The van der Waals surface area contributed by atoms with E-state index in [1.807, 2.05) is 19.2 Å². The number of benzene rings is 1. The summed E-state index contributed by atoms with van der Waals surface area (Å²) in [6.07, 6.45) is 3.81. The van der Waals surface area contributed by atoms with Crippen LogP contribution in [0.1, 0.15) is 23.8 Å². The zero-order chi connectivity index (χ0) is 16.2. The van der Waals surface area contributed by atoms with Crippen LogP contribution in [0.5, 0.6) is 0 Å². The van der Waals surface area contributed by atoms with E-state index >= 15 is 0 Å². The highest BCUT2D eigenvalue weighted by Crippen LogP contribution is 2.21. The second kappa shape index (κ2) is 6.71. The topological polar surface area (TPSA) is 67.4 Å². The quantitative estimate of drug-likeness (QED) is 0.735. The van der Waals surface area contributed by atoms with Crippen molar-refractivity contribution in [3.8, 4) is 0 Å². The Morgan fingerprint density at radius 2 is 2.13 bits per heavy atom. The van der Waals surface area contributed by atoms with Gasteiger partial charge in [0.1, 0.15) is 11.9 Å². The molecule has 0 fully saturated rings. The number of carbonyl (C=O) groups is 1. The standard InChI is InChI=1S/C18H20N2O3/c1-20-12-13(14-5-2-3-6-15(14)20)8-9-18(22)19-11-16(21)17-7-4-10-23-17/h2-7,10,12,16,21H,8-9,11H2,1H3,(H,19,22). The molecule has 5 heteroatoms. The summed E-state index contributed by atoms with van der Waals surface area (Å²) in [6, 6.07) is 11.6. The Kier molecular flexibility index (Phi) is 4.48. The van der Waals surface area contributed by atoms with Gasteiger partial charge in [0.2, 0.25) is 5.91 Å². The Hall–Kier alpha value is -2.53. The number of amides is 1. The number of hydrogen-bond donors (Lipinski definition) is 2. The van der Waals surface area contributed by atoms with Crippen LogP contribution in [-0.4, -0.2) is 22.1 Å². The van der Waals surface area contributed by atoms with Gasteiger partial charge in [0, 0.05) is 30.6 Å². The fourth-order valence-electron chi connectivity index (χ4n) is 2.75. The third-order valence-corrected chi connectivity index (χ3v) is 3.97. The molecule has 23 heavy (non-hydrogen) atoms. The molecule has 1 atom stereocenters. The van der Waals surface area contributed by atoms with E-state index in [1.54, 1.807) is 12.1 Å². The molecular weight excluding hydrogens is 292 g/mol. The second-order valence-electron chi connectivity index (χ2n) is 5.62. The normalized spacial score (nSPS) is 12.4. The number of aromatic nitrogens is 1. The molecule has 5 nitrogen and oxygen atoms in total. The minimum absolute atomic E-state index is 0.0801. The first-order valence-electron chi connectivity index (χ1n) is 7.66. The zero-order valence-electron chi connectivity index (χ0n) is 13.0. The second-order valence-corrected chi connectivity index (χ2v) is 5.62. The number of aliphatic hydroxyl groups is 1. The molecular formula is C18H20N2O3. The zero-order valence-corrected chi connectivity index (χ0v) is 13.0. The lowest BCUT2D eigenvalue weighted by Gasteiger charge is -2.09. The van der Waals surface area contributed by atoms with Crippen LogP contribution in [0.4, 0.5) is 0 Å². The van der Waals surface area contributed by atoms with Crippen molar-refractivity contribution in [2.75, 3.05) is 6.54 Å². The number of furan rings is 1. The van der Waals surface area contributed by atoms with Crippen LogP contribution in [0.3, 0.4) is 0 Å². The number of aliphatic hydroxyl groups excluding tert-OH is 1. The predicted octanol–water partition coefficient (Wildman–Crippen LogP) is 2.55. The molecule has 1 unspecified atom stereocenters. The van der Waals surface area contributed by atoms with E-state index in [2.05, 4.69) is 28.2 Å². The van der Waals surface area contributed by atoms with Crippen molar-refractivity contribution in [1.29, 1.82) is 0 Å². The lowest BCUT2D eigenvalue weighted by molar-refractivity contribution is -0.121. The van der Waals surface area contributed by atoms with E-state index in [-0.39, 0.29) is 12.5 Å². The fourth-order valence-corrected chi connectivity index (χ4v) is 2.75. The van der Waals surface area contributed by atoms with Crippen LogP contribution in [-0.2, 0) is 18.3 Å². The summed E-state index contributed by atoms with van der Waals surface area (Å²) < 4.78 is 7.18. The Labute approximate surface area is 134 Å². The van der Waals surface area contributed by atoms with Gasteiger partial charge in [0.25, 0.3) is 0 Å². The number of para-hydroxylation sites is 1. The number of aryl methyl sites for hydroxylation is 2. The molecule has 0 aliphatic carbocycles. The number of carbonyl (C=O) groups excluding carboxylic acids is 1. The maximum absolute atomic E-state index is 12.0. The van der Waals surface area contributed by atoms with E-state index in [0.29, 0.717) is 18.6 Å². The van der Waals surface area contributed by atoms with Crippen LogP contribution >= 0.6 is 0 Å². The molecule has 0 spiro atoms. The number of hydrogen-bond acceptors (Lipinski definition) is 3. The van der Waals surface area contributed by atoms with Crippen molar-refractivity contribution in [3.63, 3.8) is 0 Å². The third-order valence-electron chi connectivity index (χ3n) is 3.97. The van der Waals surface area contributed by atoms with E-state index in [1.165, 1.54) is 11.6 Å². The molecule has 3 rings (SSSR count). The van der Waals surface area contributed by atoms with Crippen molar-refractivity contribution in [2.24, 2.45) is 7.05 Å². The first-order chi connectivity index (χ1) is 11.1. The minimum Gasteiger partial charge on any atom is -0.467 e. The van der Waals surface area contributed by atoms with Crippen molar-refractivity contribution < 1.29 is 14.3 Å². The summed E-state index contributed by atoms with van der Waals surface area (Å²) in [4.78, 5) is 12.0. The van der Waals surface area contributed by atoms with Gasteiger partial charge in [-0.05, 0) is 30.2 Å². The Morgan fingerprint density at radius 3 is 2.91 bits per heavy atom. The molecule has 0 saturated carbocycles. The summed E-state index contributed by atoms with van der Waals surface area (Å²) in [5.74, 6) is 0.378. The van der Waals surface area contributed by atoms with E-state index in [4.69, 9.17) is 4.42 Å². The molecule has 2 N–H and O–H groups in total. The number of nitrogens with zero attached hydrogens (tertiary/aromatic N) is 1. The van der Waals surface area contributed by atoms with Crippen LogP contribution in [0.2, 0.25) is 0 Å². The van der Waals surface area contributed by atoms with Crippen molar-refractivity contribution >= 4 is 16.8 Å². The molecule has 0 bridgehead atoms. The van der Waals surface area contributed by atoms with E-state index < -0.39 is 6.10 Å². The van der Waals surface area contributed by atoms with Crippen molar-refractivity contribution in [3.05, 3.63) is 60.2 Å². The van der Waals surface area contributed by atoms with Crippen LogP contribution in [0, 0.1) is 0 Å². The first kappa shape index (κ1) is 15.4. The first-order valence-corrected chi connectivity index (χ1v) is 7.66. The van der Waals surface area contributed by atoms with Crippen LogP contribution in [0.15, 0.2) is 53.3 Å². The van der Waals surface area contributed by atoms with Gasteiger partial charge in [-0.25, -0.2) is 0 Å². The summed E-state index contributed by atoms with van der Waals surface area (Å²) in [5.41, 5.74) is 2.32. The molecule has 3 aromatic rings. The van der Waals surface area contributed by atoms with Gasteiger partial charge in [0.15, 0.2) is 0 Å². The van der Waals surface area contributed by atoms with Gasteiger partial charge in [0.05, 0.1) is 12.8 Å². The number of fused-ring (bicyclic) bond motifs is 1. The highest BCUT2D eigenvalue weighted by molar-refractivity contribution is 5.84. The molecule has 0 aliphatic rings. The van der Waals surface area contributed by atoms with Gasteiger partial charge >= 0.3 is 0 Å². The number of rotatable bonds is 6. The van der Waals surface area contributed by atoms with Crippen molar-refractivity contribution in [2.45, 2.75) is 18.9 Å². The summed E-state index contributed by atoms with van der Waals surface area (Å²) >= 11 is 0. The lowest BCUT2D eigenvalue weighted by Crippen LogP contribution is -2.28. The summed E-state index contributed by atoms with van der Waals surface area (Å²) in [7, 11) is 2.01. The molecule has 2 aromatic heterocycles. The largest absolute Gasteiger partial charge is 0.467 e. The molecule has 0 aliphatic heterocycles. The Bertz CT molecular complexity index is 790.